The molecule has 0 N–H and O–H groups in total. The fourth-order valence-corrected chi connectivity index (χ4v) is 4.37. The maximum Gasteiger partial charge on any atom is 0.326 e. The highest BCUT2D eigenvalue weighted by atomic mass is 32.1. The highest BCUT2D eigenvalue weighted by Gasteiger charge is 2.42. The number of rotatable bonds is 4. The van der Waals surface area contributed by atoms with Crippen molar-refractivity contribution in [2.75, 3.05) is 21.1 Å². The van der Waals surface area contributed by atoms with Crippen LogP contribution in [0.5, 0.6) is 0 Å². The molecule has 0 saturated carbocycles. The van der Waals surface area contributed by atoms with E-state index in [1.807, 2.05) is 0 Å². The molecule has 8 heteroatoms. The Morgan fingerprint density at radius 3 is 2.62 bits per heavy atom. The van der Waals surface area contributed by atoms with E-state index in [0.717, 1.165) is 22.7 Å². The second-order valence-corrected chi connectivity index (χ2v) is 7.61. The maximum absolute atomic E-state index is 12.4. The molecule has 24 heavy (non-hydrogen) atoms. The molecule has 0 radical (unpaired) electrons. The van der Waals surface area contributed by atoms with Crippen LogP contribution in [0.4, 0.5) is 4.79 Å². The molecule has 4 amide bonds. The topological polar surface area (TPSA) is 73.8 Å². The van der Waals surface area contributed by atoms with E-state index in [-0.39, 0.29) is 24.3 Å². The minimum atomic E-state index is -0.707. The van der Waals surface area contributed by atoms with Crippen molar-refractivity contribution in [1.29, 1.82) is 0 Å². The first kappa shape index (κ1) is 16.9. The molecule has 1 atom stereocenters. The molecular weight excluding hydrogens is 328 g/mol. The zero-order chi connectivity index (χ0) is 17.4. The minimum Gasteiger partial charge on any atom is -0.339 e. The normalized spacial score (nSPS) is 20.5. The van der Waals surface area contributed by atoms with Crippen LogP contribution >= 0.6 is 11.3 Å². The second kappa shape index (κ2) is 6.51. The first-order valence-corrected chi connectivity index (χ1v) is 8.96. The number of carbonyl (C=O) groups is 3. The summed E-state index contributed by atoms with van der Waals surface area (Å²) in [4.78, 5) is 46.3. The SMILES string of the molecule is CN(Cc1nc2c(s1)CCCC2)C(=O)CC1C(=O)N(C)C(=O)N1C. The standard InChI is InChI=1S/C16H22N4O3S/c1-18(9-13-17-10-6-4-5-7-12(10)24-13)14(21)8-11-15(22)20(3)16(23)19(11)2/h11H,4-9H2,1-3H3. The maximum atomic E-state index is 12.4. The Morgan fingerprint density at radius 2 is 2.00 bits per heavy atom. The summed E-state index contributed by atoms with van der Waals surface area (Å²) in [7, 11) is 4.71. The molecule has 2 aliphatic rings. The van der Waals surface area contributed by atoms with Crippen LogP contribution in [-0.4, -0.2) is 64.7 Å². The number of nitrogens with zero attached hydrogens (tertiary/aromatic N) is 4. The summed E-state index contributed by atoms with van der Waals surface area (Å²) >= 11 is 1.68. The zero-order valence-electron chi connectivity index (χ0n) is 14.2. The molecule has 2 heterocycles. The summed E-state index contributed by atoms with van der Waals surface area (Å²) in [5.74, 6) is -0.481. The minimum absolute atomic E-state index is 0.00695. The average Bonchev–Trinajstić information content (AvgIpc) is 3.05. The van der Waals surface area contributed by atoms with E-state index in [1.165, 1.54) is 35.4 Å². The van der Waals surface area contributed by atoms with Crippen LogP contribution in [0.2, 0.25) is 0 Å². The van der Waals surface area contributed by atoms with Crippen LogP contribution in [0.25, 0.3) is 0 Å². The Balaban J connectivity index is 1.62. The molecule has 1 unspecified atom stereocenters. The van der Waals surface area contributed by atoms with Gasteiger partial charge in [0.05, 0.1) is 18.7 Å². The van der Waals surface area contributed by atoms with Gasteiger partial charge in [0.25, 0.3) is 5.91 Å². The number of likely N-dealkylation sites (N-methyl/N-ethyl adjacent to an activating group) is 2. The number of carbonyl (C=O) groups excluding carboxylic acids is 3. The van der Waals surface area contributed by atoms with Gasteiger partial charge in [-0.25, -0.2) is 9.78 Å². The lowest BCUT2D eigenvalue weighted by atomic mass is 10.0. The summed E-state index contributed by atoms with van der Waals surface area (Å²) in [6.45, 7) is 0.449. The molecule has 1 aromatic heterocycles. The van der Waals surface area contributed by atoms with E-state index < -0.39 is 6.04 Å². The molecule has 1 fully saturated rings. The Labute approximate surface area is 145 Å². The van der Waals surface area contributed by atoms with Crippen molar-refractivity contribution in [3.63, 3.8) is 0 Å². The predicted molar refractivity (Wildman–Crippen MR) is 89.6 cm³/mol. The lowest BCUT2D eigenvalue weighted by Gasteiger charge is -2.20. The van der Waals surface area contributed by atoms with Gasteiger partial charge in [0.2, 0.25) is 5.91 Å². The van der Waals surface area contributed by atoms with Gasteiger partial charge in [-0.15, -0.1) is 11.3 Å². The van der Waals surface area contributed by atoms with Gasteiger partial charge in [-0.05, 0) is 25.7 Å². The van der Waals surface area contributed by atoms with Gasteiger partial charge < -0.3 is 9.80 Å². The van der Waals surface area contributed by atoms with E-state index in [2.05, 4.69) is 4.98 Å². The van der Waals surface area contributed by atoms with E-state index >= 15 is 0 Å². The number of fused-ring (bicyclic) bond motifs is 1. The number of hydrogen-bond acceptors (Lipinski definition) is 5. The van der Waals surface area contributed by atoms with Crippen LogP contribution in [0.3, 0.4) is 0 Å². The van der Waals surface area contributed by atoms with Crippen LogP contribution in [0.1, 0.15) is 34.8 Å². The zero-order valence-corrected chi connectivity index (χ0v) is 15.1. The fourth-order valence-electron chi connectivity index (χ4n) is 3.16. The van der Waals surface area contributed by atoms with Crippen LogP contribution < -0.4 is 0 Å². The van der Waals surface area contributed by atoms with Gasteiger partial charge in [0.1, 0.15) is 11.0 Å². The van der Waals surface area contributed by atoms with Gasteiger partial charge in [-0.1, -0.05) is 0 Å². The van der Waals surface area contributed by atoms with Crippen molar-refractivity contribution in [1.82, 2.24) is 19.7 Å². The number of aromatic nitrogens is 1. The van der Waals surface area contributed by atoms with Gasteiger partial charge in [0, 0.05) is 26.0 Å². The Hall–Kier alpha value is -1.96. The Kier molecular flexibility index (Phi) is 4.58. The summed E-state index contributed by atoms with van der Waals surface area (Å²) in [5, 5.41) is 0.942. The summed E-state index contributed by atoms with van der Waals surface area (Å²) in [6, 6.07) is -1.07. The summed E-state index contributed by atoms with van der Waals surface area (Å²) < 4.78 is 0. The van der Waals surface area contributed by atoms with Gasteiger partial charge >= 0.3 is 6.03 Å². The lowest BCUT2D eigenvalue weighted by Crippen LogP contribution is -2.38. The Bertz CT molecular complexity index is 663. The van der Waals surface area contributed by atoms with E-state index in [4.69, 9.17) is 0 Å². The fraction of sp³-hybridized carbons (Fsp3) is 0.625. The number of urea groups is 1. The third-order valence-corrected chi connectivity index (χ3v) is 5.87. The van der Waals surface area contributed by atoms with Crippen molar-refractivity contribution in [3.05, 3.63) is 15.6 Å². The van der Waals surface area contributed by atoms with Gasteiger partial charge in [-0.2, -0.15) is 0 Å². The van der Waals surface area contributed by atoms with Crippen molar-refractivity contribution >= 4 is 29.2 Å². The number of amides is 4. The molecule has 1 aliphatic carbocycles. The molecule has 130 valence electrons. The van der Waals surface area contributed by atoms with Crippen molar-refractivity contribution in [2.24, 2.45) is 0 Å². The molecule has 1 aromatic rings. The predicted octanol–water partition coefficient (Wildman–Crippen LogP) is 1.26. The quantitative estimate of drug-likeness (QED) is 0.767. The van der Waals surface area contributed by atoms with Crippen LogP contribution in [0.15, 0.2) is 0 Å². The first-order valence-electron chi connectivity index (χ1n) is 8.14. The van der Waals surface area contributed by atoms with Crippen molar-refractivity contribution in [3.8, 4) is 0 Å². The molecule has 7 nitrogen and oxygen atoms in total. The van der Waals surface area contributed by atoms with E-state index in [1.54, 1.807) is 30.3 Å². The molecule has 1 saturated heterocycles. The highest BCUT2D eigenvalue weighted by molar-refractivity contribution is 7.11. The molecule has 0 spiro atoms. The molecular formula is C16H22N4O3S. The van der Waals surface area contributed by atoms with Gasteiger partial charge in [-0.3, -0.25) is 14.5 Å². The third-order valence-electron chi connectivity index (χ3n) is 4.73. The number of aryl methyl sites for hydroxylation is 2. The number of thiazole rings is 1. The average molecular weight is 350 g/mol. The summed E-state index contributed by atoms with van der Waals surface area (Å²) in [6.07, 6.45) is 4.51. The molecule has 1 aliphatic heterocycles. The van der Waals surface area contributed by atoms with Crippen molar-refractivity contribution in [2.45, 2.75) is 44.7 Å². The first-order chi connectivity index (χ1) is 11.4. The Morgan fingerprint density at radius 1 is 1.29 bits per heavy atom. The van der Waals surface area contributed by atoms with E-state index in [0.29, 0.717) is 6.54 Å². The largest absolute Gasteiger partial charge is 0.339 e. The monoisotopic (exact) mass is 350 g/mol. The lowest BCUT2D eigenvalue weighted by molar-refractivity contribution is -0.135. The molecule has 0 bridgehead atoms. The summed E-state index contributed by atoms with van der Waals surface area (Å²) in [5.41, 5.74) is 1.18. The number of hydrogen-bond donors (Lipinski definition) is 0. The van der Waals surface area contributed by atoms with Crippen LogP contribution in [0, 0.1) is 0 Å². The molecule has 3 rings (SSSR count). The number of imide groups is 1. The van der Waals surface area contributed by atoms with Gasteiger partial charge in [0.15, 0.2) is 0 Å². The molecule has 0 aromatic carbocycles. The second-order valence-electron chi connectivity index (χ2n) is 6.45. The van der Waals surface area contributed by atoms with E-state index in [9.17, 15) is 14.4 Å². The third kappa shape index (κ3) is 3.02. The smallest absolute Gasteiger partial charge is 0.326 e. The highest BCUT2D eigenvalue weighted by Crippen LogP contribution is 2.27. The van der Waals surface area contributed by atoms with Crippen LogP contribution in [-0.2, 0) is 29.0 Å². The van der Waals surface area contributed by atoms with Crippen molar-refractivity contribution < 1.29 is 14.4 Å².